The number of alkyl halides is 3. The van der Waals surface area contributed by atoms with Crippen LogP contribution in [0.1, 0.15) is 34.4 Å². The van der Waals surface area contributed by atoms with Crippen molar-refractivity contribution >= 4 is 34.0 Å². The fourth-order valence-electron chi connectivity index (χ4n) is 3.64. The van der Waals surface area contributed by atoms with Gasteiger partial charge in [-0.15, -0.1) is 11.3 Å². The summed E-state index contributed by atoms with van der Waals surface area (Å²) < 4.78 is 38.6. The molecule has 1 aliphatic heterocycles. The lowest BCUT2D eigenvalue weighted by atomic mass is 9.89. The van der Waals surface area contributed by atoms with Gasteiger partial charge in [-0.2, -0.15) is 13.2 Å². The number of nitrogens with zero attached hydrogens (tertiary/aromatic N) is 1. The molecule has 166 valence electrons. The summed E-state index contributed by atoms with van der Waals surface area (Å²) in [7, 11) is 0. The van der Waals surface area contributed by atoms with Crippen molar-refractivity contribution in [1.29, 1.82) is 0 Å². The monoisotopic (exact) mass is 459 g/mol. The van der Waals surface area contributed by atoms with Gasteiger partial charge in [-0.25, -0.2) is 4.98 Å². The lowest BCUT2D eigenvalue weighted by molar-refractivity contribution is -0.137. The molecule has 1 aliphatic rings. The predicted molar refractivity (Wildman–Crippen MR) is 116 cm³/mol. The summed E-state index contributed by atoms with van der Waals surface area (Å²) in [6, 6.07) is 12.8. The fourth-order valence-corrected chi connectivity index (χ4v) is 4.50. The van der Waals surface area contributed by atoms with Gasteiger partial charge in [0.2, 0.25) is 11.8 Å². The summed E-state index contributed by atoms with van der Waals surface area (Å²) in [6.45, 7) is 0. The van der Waals surface area contributed by atoms with Crippen LogP contribution >= 0.6 is 11.3 Å². The highest BCUT2D eigenvalue weighted by atomic mass is 32.1. The lowest BCUT2D eigenvalue weighted by Gasteiger charge is -2.24. The maximum atomic E-state index is 12.9. The van der Waals surface area contributed by atoms with Gasteiger partial charge >= 0.3 is 6.18 Å². The summed E-state index contributed by atoms with van der Waals surface area (Å²) in [5.74, 6) is -0.617. The molecule has 3 aromatic rings. The van der Waals surface area contributed by atoms with Crippen LogP contribution in [0, 0.1) is 5.92 Å². The largest absolute Gasteiger partial charge is 0.416 e. The van der Waals surface area contributed by atoms with Crippen molar-refractivity contribution in [3.8, 4) is 0 Å². The average molecular weight is 459 g/mol. The van der Waals surface area contributed by atoms with E-state index in [-0.39, 0.29) is 24.2 Å². The van der Waals surface area contributed by atoms with Crippen LogP contribution in [0.4, 0.5) is 24.0 Å². The quantitative estimate of drug-likeness (QED) is 0.527. The lowest BCUT2D eigenvalue weighted by Crippen LogP contribution is -2.30. The minimum atomic E-state index is -4.39. The molecule has 0 saturated carbocycles. The first-order valence-corrected chi connectivity index (χ1v) is 10.9. The molecule has 2 amide bonds. The number of fused-ring (bicyclic) bond motifs is 1. The number of benzene rings is 2. The van der Waals surface area contributed by atoms with E-state index in [1.165, 1.54) is 17.4 Å². The van der Waals surface area contributed by atoms with E-state index < -0.39 is 11.7 Å². The average Bonchev–Trinajstić information content (AvgIpc) is 3.18. The van der Waals surface area contributed by atoms with Crippen molar-refractivity contribution in [2.45, 2.75) is 31.9 Å². The molecule has 0 radical (unpaired) electrons. The Kier molecular flexibility index (Phi) is 6.27. The summed E-state index contributed by atoms with van der Waals surface area (Å²) in [5.41, 5.74) is 1.69. The van der Waals surface area contributed by atoms with Crippen LogP contribution < -0.4 is 10.6 Å². The minimum absolute atomic E-state index is 0.0888. The fraction of sp³-hybridized carbons (Fsp3) is 0.261. The third-order valence-corrected chi connectivity index (χ3v) is 6.18. The topological polar surface area (TPSA) is 71.1 Å². The smallest absolute Gasteiger partial charge is 0.326 e. The van der Waals surface area contributed by atoms with Crippen molar-refractivity contribution in [2.75, 3.05) is 10.6 Å². The third kappa shape index (κ3) is 5.34. The zero-order valence-corrected chi connectivity index (χ0v) is 17.7. The minimum Gasteiger partial charge on any atom is -0.326 e. The Balaban J connectivity index is 1.30. The van der Waals surface area contributed by atoms with Crippen LogP contribution in [0.25, 0.3) is 0 Å². The number of hydrogen-bond donors (Lipinski definition) is 2. The Morgan fingerprint density at radius 3 is 2.81 bits per heavy atom. The molecule has 1 aromatic heterocycles. The number of amides is 2. The second-order valence-corrected chi connectivity index (χ2v) is 8.76. The molecular formula is C23H20F3N3O2S. The van der Waals surface area contributed by atoms with Gasteiger partial charge in [0.15, 0.2) is 5.13 Å². The molecule has 0 bridgehead atoms. The van der Waals surface area contributed by atoms with E-state index in [1.807, 2.05) is 24.3 Å². The molecule has 32 heavy (non-hydrogen) atoms. The van der Waals surface area contributed by atoms with E-state index in [0.717, 1.165) is 28.3 Å². The molecule has 4 rings (SSSR count). The first-order chi connectivity index (χ1) is 15.3. The maximum absolute atomic E-state index is 12.9. The highest BCUT2D eigenvalue weighted by Gasteiger charge is 2.30. The molecule has 0 fully saturated rings. The van der Waals surface area contributed by atoms with Crippen molar-refractivity contribution < 1.29 is 22.8 Å². The zero-order valence-electron chi connectivity index (χ0n) is 16.9. The molecule has 1 unspecified atom stereocenters. The van der Waals surface area contributed by atoms with E-state index >= 15 is 0 Å². The maximum Gasteiger partial charge on any atom is 0.416 e. The van der Waals surface area contributed by atoms with Crippen molar-refractivity contribution in [2.24, 2.45) is 5.92 Å². The Morgan fingerprint density at radius 1 is 1.19 bits per heavy atom. The Bertz CT molecular complexity index is 1140. The summed E-state index contributed by atoms with van der Waals surface area (Å²) >= 11 is 1.22. The number of aromatic nitrogens is 1. The second-order valence-electron chi connectivity index (χ2n) is 7.64. The third-order valence-electron chi connectivity index (χ3n) is 5.26. The van der Waals surface area contributed by atoms with Gasteiger partial charge in [-0.1, -0.05) is 36.4 Å². The van der Waals surface area contributed by atoms with Gasteiger partial charge in [0, 0.05) is 35.5 Å². The SMILES string of the molecule is O=C(CCC1Cc2ccccc2NC1=O)Nc1ncc(Cc2cccc(C(F)(F)F)c2)s1. The van der Waals surface area contributed by atoms with Crippen molar-refractivity contribution in [3.05, 3.63) is 76.3 Å². The summed E-state index contributed by atoms with van der Waals surface area (Å²) in [4.78, 5) is 29.5. The molecular weight excluding hydrogens is 439 g/mol. The molecule has 2 heterocycles. The number of hydrogen-bond acceptors (Lipinski definition) is 4. The highest BCUT2D eigenvalue weighted by Crippen LogP contribution is 2.31. The Hall–Kier alpha value is -3.20. The van der Waals surface area contributed by atoms with Crippen LogP contribution in [0.15, 0.2) is 54.7 Å². The molecule has 0 spiro atoms. The van der Waals surface area contributed by atoms with Crippen molar-refractivity contribution in [1.82, 2.24) is 4.98 Å². The van der Waals surface area contributed by atoms with E-state index in [4.69, 9.17) is 0 Å². The standard InChI is InChI=1S/C23H20F3N3O2S/c24-23(25,26)17-6-3-4-14(10-17)11-18-13-27-22(32-18)29-20(30)9-8-16-12-15-5-1-2-7-19(15)28-21(16)31/h1-7,10,13,16H,8-9,11-12H2,(H,28,31)(H,27,29,30). The molecule has 2 N–H and O–H groups in total. The molecule has 5 nitrogen and oxygen atoms in total. The molecule has 2 aromatic carbocycles. The van der Waals surface area contributed by atoms with Gasteiger partial charge in [0.05, 0.1) is 5.56 Å². The number of para-hydroxylation sites is 1. The van der Waals surface area contributed by atoms with Crippen LogP contribution in [0.5, 0.6) is 0 Å². The molecule has 1 atom stereocenters. The van der Waals surface area contributed by atoms with Crippen molar-refractivity contribution in [3.63, 3.8) is 0 Å². The first-order valence-electron chi connectivity index (χ1n) is 10.1. The van der Waals surface area contributed by atoms with Gasteiger partial charge < -0.3 is 10.6 Å². The number of carbonyl (C=O) groups is 2. The molecule has 0 saturated heterocycles. The summed E-state index contributed by atoms with van der Waals surface area (Å²) in [6.07, 6.45) is -1.38. The summed E-state index contributed by atoms with van der Waals surface area (Å²) in [5, 5.41) is 5.97. The Labute approximate surface area is 186 Å². The highest BCUT2D eigenvalue weighted by molar-refractivity contribution is 7.15. The number of halogens is 3. The van der Waals surface area contributed by atoms with Gasteiger partial charge in [0.1, 0.15) is 0 Å². The first kappa shape index (κ1) is 22.0. The number of carbonyl (C=O) groups excluding carboxylic acids is 2. The van der Waals surface area contributed by atoms with E-state index in [9.17, 15) is 22.8 Å². The number of anilines is 2. The van der Waals surface area contributed by atoms with Crippen LogP contribution in [-0.4, -0.2) is 16.8 Å². The normalized spacial score (nSPS) is 15.7. The van der Waals surface area contributed by atoms with E-state index in [0.29, 0.717) is 30.0 Å². The zero-order chi connectivity index (χ0) is 22.7. The molecule has 0 aliphatic carbocycles. The number of rotatable bonds is 6. The van der Waals surface area contributed by atoms with Crippen LogP contribution in [-0.2, 0) is 28.6 Å². The van der Waals surface area contributed by atoms with Gasteiger partial charge in [-0.3, -0.25) is 9.59 Å². The predicted octanol–water partition coefficient (Wildman–Crippen LogP) is 5.28. The van der Waals surface area contributed by atoms with Gasteiger partial charge in [-0.05, 0) is 36.1 Å². The van der Waals surface area contributed by atoms with E-state index in [2.05, 4.69) is 15.6 Å². The number of nitrogens with one attached hydrogen (secondary N) is 2. The molecule has 9 heteroatoms. The van der Waals surface area contributed by atoms with Crippen LogP contribution in [0.2, 0.25) is 0 Å². The van der Waals surface area contributed by atoms with E-state index in [1.54, 1.807) is 12.3 Å². The number of thiazole rings is 1. The Morgan fingerprint density at radius 2 is 2.00 bits per heavy atom. The van der Waals surface area contributed by atoms with Gasteiger partial charge in [0.25, 0.3) is 0 Å². The van der Waals surface area contributed by atoms with Crippen LogP contribution in [0.3, 0.4) is 0 Å². The second kappa shape index (κ2) is 9.12.